The highest BCUT2D eigenvalue weighted by atomic mass is 16.5. The Kier molecular flexibility index (Phi) is 4.77. The number of ether oxygens (including phenoxy) is 1. The van der Waals surface area contributed by atoms with E-state index in [0.717, 1.165) is 47.5 Å². The Labute approximate surface area is 185 Å². The third kappa shape index (κ3) is 3.07. The van der Waals surface area contributed by atoms with Crippen molar-refractivity contribution in [3.8, 4) is 5.75 Å². The number of nitrogens with zero attached hydrogens (tertiary/aromatic N) is 3. The molecule has 3 aromatic rings. The van der Waals surface area contributed by atoms with E-state index in [1.165, 1.54) is 0 Å². The van der Waals surface area contributed by atoms with Crippen molar-refractivity contribution in [1.29, 1.82) is 0 Å². The van der Waals surface area contributed by atoms with Gasteiger partial charge in [-0.2, -0.15) is 0 Å². The average molecular weight is 431 g/mol. The molecule has 0 fully saturated rings. The number of para-hydroxylation sites is 2. The predicted molar refractivity (Wildman–Crippen MR) is 126 cm³/mol. The van der Waals surface area contributed by atoms with Gasteiger partial charge in [0.1, 0.15) is 6.61 Å². The highest BCUT2D eigenvalue weighted by molar-refractivity contribution is 6.12. The van der Waals surface area contributed by atoms with E-state index >= 15 is 0 Å². The molecule has 0 saturated heterocycles. The molecule has 0 atom stereocenters. The van der Waals surface area contributed by atoms with Crippen LogP contribution in [-0.2, 0) is 11.3 Å². The van der Waals surface area contributed by atoms with Gasteiger partial charge in [-0.25, -0.2) is 9.78 Å². The molecule has 5 rings (SSSR count). The molecular formula is C24H25N5O3. The van der Waals surface area contributed by atoms with Crippen molar-refractivity contribution in [3.63, 3.8) is 0 Å². The van der Waals surface area contributed by atoms with Gasteiger partial charge in [0.15, 0.2) is 5.75 Å². The van der Waals surface area contributed by atoms with E-state index in [0.29, 0.717) is 35.7 Å². The first-order valence-corrected chi connectivity index (χ1v) is 10.6. The lowest BCUT2D eigenvalue weighted by atomic mass is 9.89. The minimum atomic E-state index is -1.01. The van der Waals surface area contributed by atoms with Crippen LogP contribution in [0.15, 0.2) is 48.9 Å². The van der Waals surface area contributed by atoms with E-state index in [4.69, 9.17) is 10.5 Å². The molecule has 0 radical (unpaired) electrons. The summed E-state index contributed by atoms with van der Waals surface area (Å²) in [7, 11) is 0. The maximum Gasteiger partial charge on any atom is 0.337 e. The maximum absolute atomic E-state index is 11.7. The van der Waals surface area contributed by atoms with Gasteiger partial charge in [0.05, 0.1) is 40.9 Å². The summed E-state index contributed by atoms with van der Waals surface area (Å²) < 4.78 is 8.20. The summed E-state index contributed by atoms with van der Waals surface area (Å²) in [6.07, 6.45) is 4.38. The fourth-order valence-corrected chi connectivity index (χ4v) is 4.48. The summed E-state index contributed by atoms with van der Waals surface area (Å²) in [4.78, 5) is 18.1. The Balaban J connectivity index is 1.41. The molecule has 0 spiro atoms. The van der Waals surface area contributed by atoms with E-state index in [2.05, 4.69) is 27.5 Å². The highest BCUT2D eigenvalue weighted by Crippen LogP contribution is 2.52. The summed E-state index contributed by atoms with van der Waals surface area (Å²) >= 11 is 0. The number of hydrogen-bond acceptors (Lipinski definition) is 6. The first-order valence-electron chi connectivity index (χ1n) is 10.6. The second kappa shape index (κ2) is 7.64. The largest absolute Gasteiger partial charge is 0.487 e. The fraction of sp³-hybridized carbons (Fsp3) is 0.250. The Hall–Kier alpha value is -3.94. The van der Waals surface area contributed by atoms with Gasteiger partial charge >= 0.3 is 5.97 Å². The van der Waals surface area contributed by atoms with Crippen LogP contribution in [0.5, 0.6) is 5.75 Å². The molecule has 0 saturated carbocycles. The molecule has 0 unspecified atom stereocenters. The van der Waals surface area contributed by atoms with Crippen molar-refractivity contribution >= 4 is 39.6 Å². The number of hydrogen-bond donors (Lipinski definition) is 3. The number of carbonyl (C=O) groups is 1. The molecule has 3 heterocycles. The zero-order valence-corrected chi connectivity index (χ0v) is 17.9. The van der Waals surface area contributed by atoms with Crippen molar-refractivity contribution in [3.05, 3.63) is 60.1 Å². The van der Waals surface area contributed by atoms with E-state index in [1.807, 2.05) is 36.4 Å². The molecule has 8 nitrogen and oxygen atoms in total. The number of rotatable bonds is 6. The molecule has 4 N–H and O–H groups in total. The molecule has 2 aliphatic heterocycles. The lowest BCUT2D eigenvalue weighted by molar-refractivity contribution is -0.132. The van der Waals surface area contributed by atoms with E-state index in [-0.39, 0.29) is 5.57 Å². The Bertz CT molecular complexity index is 1290. The van der Waals surface area contributed by atoms with Crippen LogP contribution in [0.3, 0.4) is 0 Å². The second-order valence-corrected chi connectivity index (χ2v) is 8.04. The van der Waals surface area contributed by atoms with Crippen LogP contribution in [-0.4, -0.2) is 40.3 Å². The smallest absolute Gasteiger partial charge is 0.337 e. The van der Waals surface area contributed by atoms with Crippen LogP contribution in [0, 0.1) is 6.92 Å². The van der Waals surface area contributed by atoms with Crippen molar-refractivity contribution < 1.29 is 14.6 Å². The Morgan fingerprint density at radius 2 is 2.19 bits per heavy atom. The van der Waals surface area contributed by atoms with Gasteiger partial charge in [0, 0.05) is 30.5 Å². The van der Waals surface area contributed by atoms with Crippen LogP contribution < -0.4 is 20.7 Å². The Morgan fingerprint density at radius 3 is 3.00 bits per heavy atom. The van der Waals surface area contributed by atoms with Crippen LogP contribution >= 0.6 is 0 Å². The molecule has 32 heavy (non-hydrogen) atoms. The van der Waals surface area contributed by atoms with Crippen molar-refractivity contribution in [2.45, 2.75) is 19.9 Å². The number of aryl methyl sites for hydroxylation is 1. The number of nitrogens with one attached hydrogen (secondary N) is 1. The lowest BCUT2D eigenvalue weighted by Gasteiger charge is -2.37. The first kappa shape index (κ1) is 20.0. The third-order valence-corrected chi connectivity index (χ3v) is 6.14. The number of fused-ring (bicyclic) bond motifs is 1. The predicted octanol–water partition coefficient (Wildman–Crippen LogP) is 3.62. The maximum atomic E-state index is 11.7. The van der Waals surface area contributed by atoms with Crippen LogP contribution in [0.2, 0.25) is 0 Å². The zero-order valence-electron chi connectivity index (χ0n) is 17.9. The average Bonchev–Trinajstić information content (AvgIpc) is 3.20. The van der Waals surface area contributed by atoms with Gasteiger partial charge in [0.25, 0.3) is 0 Å². The normalized spacial score (nSPS) is 14.7. The number of nitrogen functional groups attached to an aromatic ring is 1. The van der Waals surface area contributed by atoms with Crippen molar-refractivity contribution in [2.24, 2.45) is 0 Å². The standard InChI is InChI=1S/C24H25N5O3/c1-14-16(24(30)31)12-28-10-11-32-23-21(15(2)20(25)19(14)22(23)28)26-8-5-9-29-13-27-17-6-3-4-7-18(17)29/h3-4,6-7,12-13,26H,1,5,8-11,25H2,2H3,(H,30,31). The number of nitrogens with two attached hydrogens (primary N) is 1. The molecule has 2 aromatic carbocycles. The van der Waals surface area contributed by atoms with Gasteiger partial charge in [0.2, 0.25) is 0 Å². The monoisotopic (exact) mass is 431 g/mol. The summed E-state index contributed by atoms with van der Waals surface area (Å²) in [5.74, 6) is -0.312. The number of carboxylic acid groups (broad SMARTS) is 1. The second-order valence-electron chi connectivity index (χ2n) is 8.04. The molecule has 1 aromatic heterocycles. The topological polar surface area (TPSA) is 106 Å². The van der Waals surface area contributed by atoms with Gasteiger partial charge < -0.3 is 30.4 Å². The van der Waals surface area contributed by atoms with Crippen LogP contribution in [0.1, 0.15) is 17.5 Å². The number of aliphatic carboxylic acids is 1. The molecule has 0 bridgehead atoms. The zero-order chi connectivity index (χ0) is 22.4. The molecule has 2 aliphatic rings. The summed E-state index contributed by atoms with van der Waals surface area (Å²) in [6, 6.07) is 8.09. The quantitative estimate of drug-likeness (QED) is 0.404. The summed E-state index contributed by atoms with van der Waals surface area (Å²) in [5, 5.41) is 13.1. The number of imidazole rings is 1. The third-order valence-electron chi connectivity index (χ3n) is 6.14. The van der Waals surface area contributed by atoms with Crippen LogP contribution in [0.25, 0.3) is 16.6 Å². The Morgan fingerprint density at radius 1 is 1.38 bits per heavy atom. The van der Waals surface area contributed by atoms with Crippen molar-refractivity contribution in [1.82, 2.24) is 9.55 Å². The molecule has 164 valence electrons. The molecular weight excluding hydrogens is 406 g/mol. The van der Waals surface area contributed by atoms with Gasteiger partial charge in [-0.15, -0.1) is 0 Å². The fourth-order valence-electron chi connectivity index (χ4n) is 4.48. The van der Waals surface area contributed by atoms with Crippen LogP contribution in [0.4, 0.5) is 17.1 Å². The van der Waals surface area contributed by atoms with E-state index in [9.17, 15) is 9.90 Å². The van der Waals surface area contributed by atoms with Gasteiger partial charge in [-0.05, 0) is 36.6 Å². The lowest BCUT2D eigenvalue weighted by Crippen LogP contribution is -2.33. The molecule has 0 amide bonds. The van der Waals surface area contributed by atoms with Crippen molar-refractivity contribution in [2.75, 3.05) is 35.6 Å². The van der Waals surface area contributed by atoms with E-state index in [1.54, 1.807) is 6.20 Å². The first-order chi connectivity index (χ1) is 15.5. The molecule has 0 aliphatic carbocycles. The minimum absolute atomic E-state index is 0.157. The van der Waals surface area contributed by atoms with Gasteiger partial charge in [-0.1, -0.05) is 18.7 Å². The number of carboxylic acids is 1. The minimum Gasteiger partial charge on any atom is -0.487 e. The van der Waals surface area contributed by atoms with Gasteiger partial charge in [-0.3, -0.25) is 0 Å². The summed E-state index contributed by atoms with van der Waals surface area (Å²) in [5.41, 5.74) is 12.8. The molecule has 8 heteroatoms. The van der Waals surface area contributed by atoms with E-state index < -0.39 is 5.97 Å². The highest BCUT2D eigenvalue weighted by Gasteiger charge is 2.34. The number of benzene rings is 2. The SMILES string of the molecule is C=C1C(C(=O)O)=CN2CCOc3c(NCCCn4cnc5ccccc54)c(C)c(N)c1c32. The number of aromatic nitrogens is 2. The number of anilines is 3. The summed E-state index contributed by atoms with van der Waals surface area (Å²) in [6.45, 7) is 8.50.